The molecule has 1 heterocycles. The van der Waals surface area contributed by atoms with Crippen LogP contribution < -0.4 is 0 Å². The molecule has 4 nitrogen and oxygen atoms in total. The fraction of sp³-hybridized carbons (Fsp3) is 0.556. The van der Waals surface area contributed by atoms with Crippen LogP contribution in [0.1, 0.15) is 6.42 Å². The van der Waals surface area contributed by atoms with Crippen LogP contribution in [0.25, 0.3) is 0 Å². The van der Waals surface area contributed by atoms with E-state index >= 15 is 0 Å². The molecule has 92 valence electrons. The number of alkyl halides is 2. The summed E-state index contributed by atoms with van der Waals surface area (Å²) in [7, 11) is 0. The average Bonchev–Trinajstić information content (AvgIpc) is 2.72. The van der Waals surface area contributed by atoms with Gasteiger partial charge in [0.25, 0.3) is 11.8 Å². The highest BCUT2D eigenvalue weighted by molar-refractivity contribution is 6.52. The van der Waals surface area contributed by atoms with Gasteiger partial charge in [-0.1, -0.05) is 23.2 Å². The average molecular weight is 317 g/mol. The van der Waals surface area contributed by atoms with Crippen LogP contribution in [0.4, 0.5) is 0 Å². The summed E-state index contributed by atoms with van der Waals surface area (Å²) in [6, 6.07) is 0. The lowest BCUT2D eigenvalue weighted by Crippen LogP contribution is -2.38. The van der Waals surface area contributed by atoms with Gasteiger partial charge in [0.15, 0.2) is 0 Å². The minimum atomic E-state index is -1.28. The maximum Gasteiger partial charge on any atom is 0.259 e. The molecule has 17 heavy (non-hydrogen) atoms. The van der Waals surface area contributed by atoms with Crippen molar-refractivity contribution in [1.82, 2.24) is 5.06 Å². The molecule has 0 aromatic rings. The van der Waals surface area contributed by atoms with Crippen molar-refractivity contribution >= 4 is 58.2 Å². The highest BCUT2D eigenvalue weighted by Gasteiger charge is 2.76. The molecule has 0 aromatic carbocycles. The molecule has 1 N–H and O–H groups in total. The summed E-state index contributed by atoms with van der Waals surface area (Å²) < 4.78 is 0. The van der Waals surface area contributed by atoms with Gasteiger partial charge >= 0.3 is 0 Å². The third kappa shape index (κ3) is 1.08. The van der Waals surface area contributed by atoms with E-state index in [1.54, 1.807) is 0 Å². The third-order valence-electron chi connectivity index (χ3n) is 3.71. The zero-order valence-electron chi connectivity index (χ0n) is 8.08. The van der Waals surface area contributed by atoms with Gasteiger partial charge in [-0.25, -0.2) is 0 Å². The molecule has 2 bridgehead atoms. The first-order chi connectivity index (χ1) is 7.75. The van der Waals surface area contributed by atoms with Crippen LogP contribution in [0, 0.1) is 11.8 Å². The van der Waals surface area contributed by atoms with Crippen molar-refractivity contribution in [1.29, 1.82) is 0 Å². The molecular weight excluding hydrogens is 312 g/mol. The molecule has 0 radical (unpaired) electrons. The predicted molar refractivity (Wildman–Crippen MR) is 61.1 cm³/mol. The number of hydrogen-bond acceptors (Lipinski definition) is 3. The van der Waals surface area contributed by atoms with Crippen LogP contribution in [0.3, 0.4) is 0 Å². The SMILES string of the molecule is O=C1C2C(C(=O)N1O)C1(Cl)CC2(Cl)C(Cl)=C1Cl. The maximum absolute atomic E-state index is 11.8. The largest absolute Gasteiger partial charge is 0.278 e. The van der Waals surface area contributed by atoms with Crippen LogP contribution in [-0.2, 0) is 9.59 Å². The highest BCUT2D eigenvalue weighted by Crippen LogP contribution is 2.69. The minimum Gasteiger partial charge on any atom is -0.278 e. The number of nitrogens with zero attached hydrogens (tertiary/aromatic N) is 1. The van der Waals surface area contributed by atoms with E-state index in [0.717, 1.165) is 0 Å². The summed E-state index contributed by atoms with van der Waals surface area (Å²) >= 11 is 24.5. The Kier molecular flexibility index (Phi) is 2.21. The number of fused-ring (bicyclic) bond motifs is 5. The van der Waals surface area contributed by atoms with E-state index in [-0.39, 0.29) is 21.5 Å². The van der Waals surface area contributed by atoms with Gasteiger partial charge in [-0.05, 0) is 6.42 Å². The molecule has 1 saturated carbocycles. The van der Waals surface area contributed by atoms with Crippen LogP contribution in [0.15, 0.2) is 10.1 Å². The molecule has 3 aliphatic rings. The van der Waals surface area contributed by atoms with Crippen molar-refractivity contribution in [3.63, 3.8) is 0 Å². The van der Waals surface area contributed by atoms with E-state index in [2.05, 4.69) is 0 Å². The fourth-order valence-corrected chi connectivity index (χ4v) is 4.88. The predicted octanol–water partition coefficient (Wildman–Crippen LogP) is 2.04. The number of hydrogen-bond donors (Lipinski definition) is 1. The van der Waals surface area contributed by atoms with E-state index in [1.807, 2.05) is 0 Å². The van der Waals surface area contributed by atoms with Gasteiger partial charge < -0.3 is 0 Å². The van der Waals surface area contributed by atoms with E-state index in [0.29, 0.717) is 0 Å². The second-order valence-electron chi connectivity index (χ2n) is 4.47. The van der Waals surface area contributed by atoms with Crippen LogP contribution in [-0.4, -0.2) is 31.8 Å². The van der Waals surface area contributed by atoms with Crippen molar-refractivity contribution in [3.05, 3.63) is 10.1 Å². The Morgan fingerprint density at radius 3 is 1.76 bits per heavy atom. The molecule has 4 unspecified atom stereocenters. The van der Waals surface area contributed by atoms with Gasteiger partial charge in [0.05, 0.1) is 31.6 Å². The highest BCUT2D eigenvalue weighted by atomic mass is 35.5. The number of carbonyl (C=O) groups is 2. The Labute approximate surface area is 116 Å². The first kappa shape index (κ1) is 12.1. The zero-order valence-corrected chi connectivity index (χ0v) is 11.1. The Morgan fingerprint density at radius 1 is 1.06 bits per heavy atom. The lowest BCUT2D eigenvalue weighted by Gasteiger charge is -2.28. The second-order valence-corrected chi connectivity index (χ2v) is 6.58. The van der Waals surface area contributed by atoms with Crippen molar-refractivity contribution < 1.29 is 14.8 Å². The monoisotopic (exact) mass is 315 g/mol. The number of imide groups is 1. The molecule has 1 saturated heterocycles. The summed E-state index contributed by atoms with van der Waals surface area (Å²) in [6.07, 6.45) is 0.113. The van der Waals surface area contributed by atoms with E-state index < -0.39 is 33.4 Å². The number of allylic oxidation sites excluding steroid dienone is 2. The van der Waals surface area contributed by atoms with Gasteiger partial charge in [-0.15, -0.1) is 23.2 Å². The smallest absolute Gasteiger partial charge is 0.259 e. The summed E-state index contributed by atoms with van der Waals surface area (Å²) in [5.74, 6) is -3.46. The molecule has 0 spiro atoms. The van der Waals surface area contributed by atoms with Gasteiger partial charge in [0.1, 0.15) is 0 Å². The molecule has 3 rings (SSSR count). The van der Waals surface area contributed by atoms with Crippen LogP contribution in [0.2, 0.25) is 0 Å². The van der Waals surface area contributed by atoms with Crippen molar-refractivity contribution in [2.75, 3.05) is 0 Å². The van der Waals surface area contributed by atoms with Gasteiger partial charge in [-0.2, -0.15) is 5.06 Å². The second kappa shape index (κ2) is 3.11. The third-order valence-corrected chi connectivity index (χ3v) is 6.16. The van der Waals surface area contributed by atoms with Crippen molar-refractivity contribution in [3.8, 4) is 0 Å². The maximum atomic E-state index is 11.8. The first-order valence-corrected chi connectivity index (χ1v) is 6.27. The summed E-state index contributed by atoms with van der Waals surface area (Å²) in [5.41, 5.74) is 0. The Hall–Kier alpha value is -0.000000000000000167. The fourth-order valence-electron chi connectivity index (χ4n) is 2.96. The summed E-state index contributed by atoms with van der Waals surface area (Å²) in [6.45, 7) is 0. The number of amides is 2. The molecule has 8 heteroatoms. The summed E-state index contributed by atoms with van der Waals surface area (Å²) in [4.78, 5) is 21.0. The van der Waals surface area contributed by atoms with Gasteiger partial charge in [0.2, 0.25) is 0 Å². The Bertz CT molecular complexity index is 464. The number of hydroxylamine groups is 2. The first-order valence-electron chi connectivity index (χ1n) is 4.76. The Morgan fingerprint density at radius 2 is 1.41 bits per heavy atom. The number of carbonyl (C=O) groups excluding carboxylic acids is 2. The molecule has 2 fully saturated rings. The molecule has 4 atom stereocenters. The van der Waals surface area contributed by atoms with Crippen molar-refractivity contribution in [2.45, 2.75) is 16.2 Å². The molecular formula is C9H5Cl4NO3. The molecule has 2 aliphatic carbocycles. The van der Waals surface area contributed by atoms with Gasteiger partial charge in [-0.3, -0.25) is 14.8 Å². The lowest BCUT2D eigenvalue weighted by molar-refractivity contribution is -0.173. The van der Waals surface area contributed by atoms with Crippen molar-refractivity contribution in [2.24, 2.45) is 11.8 Å². The number of halogens is 4. The minimum absolute atomic E-state index is 0.0579. The number of rotatable bonds is 0. The Balaban J connectivity index is 2.25. The van der Waals surface area contributed by atoms with E-state index in [4.69, 9.17) is 46.4 Å². The molecule has 1 aliphatic heterocycles. The molecule has 2 amide bonds. The lowest BCUT2D eigenvalue weighted by atomic mass is 9.84. The van der Waals surface area contributed by atoms with Crippen LogP contribution in [0.5, 0.6) is 0 Å². The molecule has 0 aromatic heterocycles. The van der Waals surface area contributed by atoms with Crippen LogP contribution >= 0.6 is 46.4 Å². The normalized spacial score (nSPS) is 48.4. The summed E-state index contributed by atoms with van der Waals surface area (Å²) in [5, 5.41) is 9.59. The zero-order chi connectivity index (χ0) is 12.7. The van der Waals surface area contributed by atoms with E-state index in [9.17, 15) is 14.8 Å². The standard InChI is InChI=1S/C9H5Cl4NO3/c10-4-5(11)9(13)1-8(4,12)2-3(9)7(16)14(17)6(2)15/h2-3,17H,1H2. The van der Waals surface area contributed by atoms with Gasteiger partial charge in [0, 0.05) is 0 Å². The van der Waals surface area contributed by atoms with E-state index in [1.165, 1.54) is 0 Å². The topological polar surface area (TPSA) is 57.6 Å². The quantitative estimate of drug-likeness (QED) is 0.423.